The molecule has 7 heteroatoms. The molecule has 1 N–H and O–H groups in total. The Balaban J connectivity index is 2.06. The quantitative estimate of drug-likeness (QED) is 0.891. The van der Waals surface area contributed by atoms with E-state index in [2.05, 4.69) is 10.3 Å². The standard InChI is InChI=1S/C12H14F3N3O/c1-16-11(19)8-4-5-18(7-8)9-2-3-10(17-6-9)12(13,14)15/h2-3,6,8H,4-5,7H2,1H3,(H,16,19). The van der Waals surface area contributed by atoms with Gasteiger partial charge in [-0.1, -0.05) is 0 Å². The number of alkyl halides is 3. The number of nitrogens with zero attached hydrogens (tertiary/aromatic N) is 2. The van der Waals surface area contributed by atoms with Crippen LogP contribution in [0.25, 0.3) is 0 Å². The Morgan fingerprint density at radius 1 is 1.47 bits per heavy atom. The second-order valence-electron chi connectivity index (χ2n) is 4.45. The minimum atomic E-state index is -4.42. The molecule has 1 aliphatic heterocycles. The van der Waals surface area contributed by atoms with Gasteiger partial charge >= 0.3 is 6.18 Å². The van der Waals surface area contributed by atoms with Gasteiger partial charge in [0.25, 0.3) is 0 Å². The zero-order valence-electron chi connectivity index (χ0n) is 10.4. The summed E-state index contributed by atoms with van der Waals surface area (Å²) in [4.78, 5) is 16.8. The Bertz CT molecular complexity index is 458. The monoisotopic (exact) mass is 273 g/mol. The van der Waals surface area contributed by atoms with Crippen LogP contribution in [0.5, 0.6) is 0 Å². The van der Waals surface area contributed by atoms with Gasteiger partial charge in [0, 0.05) is 20.1 Å². The molecule has 0 radical (unpaired) electrons. The van der Waals surface area contributed by atoms with Gasteiger partial charge in [0.1, 0.15) is 5.69 Å². The lowest BCUT2D eigenvalue weighted by molar-refractivity contribution is -0.141. The summed E-state index contributed by atoms with van der Waals surface area (Å²) in [5, 5.41) is 2.58. The zero-order valence-corrected chi connectivity index (χ0v) is 10.4. The van der Waals surface area contributed by atoms with Gasteiger partial charge in [-0.25, -0.2) is 4.98 Å². The lowest BCUT2D eigenvalue weighted by Crippen LogP contribution is -2.30. The molecule has 19 heavy (non-hydrogen) atoms. The number of amides is 1. The molecular weight excluding hydrogens is 259 g/mol. The van der Waals surface area contributed by atoms with Crippen molar-refractivity contribution in [1.82, 2.24) is 10.3 Å². The molecule has 2 rings (SSSR count). The van der Waals surface area contributed by atoms with E-state index in [4.69, 9.17) is 0 Å². The molecular formula is C12H14F3N3O. The maximum Gasteiger partial charge on any atom is 0.433 e. The molecule has 1 aliphatic rings. The molecule has 0 aliphatic carbocycles. The number of anilines is 1. The lowest BCUT2D eigenvalue weighted by Gasteiger charge is -2.18. The molecule has 1 amide bonds. The van der Waals surface area contributed by atoms with Crippen molar-refractivity contribution in [3.05, 3.63) is 24.0 Å². The van der Waals surface area contributed by atoms with Crippen molar-refractivity contribution in [2.45, 2.75) is 12.6 Å². The molecule has 0 saturated carbocycles. The first-order valence-electron chi connectivity index (χ1n) is 5.91. The molecule has 104 valence electrons. The second-order valence-corrected chi connectivity index (χ2v) is 4.45. The fourth-order valence-corrected chi connectivity index (χ4v) is 2.15. The van der Waals surface area contributed by atoms with Gasteiger partial charge < -0.3 is 10.2 Å². The molecule has 0 aromatic carbocycles. The van der Waals surface area contributed by atoms with Crippen molar-refractivity contribution >= 4 is 11.6 Å². The molecule has 0 bridgehead atoms. The summed E-state index contributed by atoms with van der Waals surface area (Å²) in [6, 6.07) is 2.35. The van der Waals surface area contributed by atoms with Crippen molar-refractivity contribution in [3.8, 4) is 0 Å². The van der Waals surface area contributed by atoms with Crippen molar-refractivity contribution < 1.29 is 18.0 Å². The number of nitrogens with one attached hydrogen (secondary N) is 1. The van der Waals surface area contributed by atoms with E-state index >= 15 is 0 Å². The second kappa shape index (κ2) is 5.07. The zero-order chi connectivity index (χ0) is 14.0. The van der Waals surface area contributed by atoms with Crippen molar-refractivity contribution in [1.29, 1.82) is 0 Å². The first kappa shape index (κ1) is 13.6. The summed E-state index contributed by atoms with van der Waals surface area (Å²) < 4.78 is 37.1. The average molecular weight is 273 g/mol. The molecule has 1 atom stereocenters. The van der Waals surface area contributed by atoms with Crippen LogP contribution < -0.4 is 10.2 Å². The topological polar surface area (TPSA) is 45.2 Å². The van der Waals surface area contributed by atoms with Gasteiger partial charge in [0.2, 0.25) is 5.91 Å². The van der Waals surface area contributed by atoms with Crippen LogP contribution in [0.2, 0.25) is 0 Å². The number of hydrogen-bond acceptors (Lipinski definition) is 3. The minimum Gasteiger partial charge on any atom is -0.369 e. The van der Waals surface area contributed by atoms with Crippen LogP contribution >= 0.6 is 0 Å². The Morgan fingerprint density at radius 3 is 2.74 bits per heavy atom. The van der Waals surface area contributed by atoms with Crippen molar-refractivity contribution in [2.24, 2.45) is 5.92 Å². The third-order valence-electron chi connectivity index (χ3n) is 3.21. The molecule has 4 nitrogen and oxygen atoms in total. The predicted octanol–water partition coefficient (Wildman–Crippen LogP) is 1.67. The van der Waals surface area contributed by atoms with Crippen molar-refractivity contribution in [2.75, 3.05) is 25.0 Å². The van der Waals surface area contributed by atoms with Crippen LogP contribution in [0.1, 0.15) is 12.1 Å². The van der Waals surface area contributed by atoms with Crippen LogP contribution in [-0.2, 0) is 11.0 Å². The SMILES string of the molecule is CNC(=O)C1CCN(c2ccc(C(F)(F)F)nc2)C1. The lowest BCUT2D eigenvalue weighted by atomic mass is 10.1. The fourth-order valence-electron chi connectivity index (χ4n) is 2.15. The summed E-state index contributed by atoms with van der Waals surface area (Å²) in [6.45, 7) is 1.15. The van der Waals surface area contributed by atoms with E-state index < -0.39 is 11.9 Å². The van der Waals surface area contributed by atoms with Crippen LogP contribution in [0.3, 0.4) is 0 Å². The number of hydrogen-bond donors (Lipinski definition) is 1. The van der Waals surface area contributed by atoms with Gasteiger partial charge in [-0.2, -0.15) is 13.2 Å². The van der Waals surface area contributed by atoms with E-state index in [0.29, 0.717) is 25.2 Å². The maximum absolute atomic E-state index is 12.4. The third-order valence-corrected chi connectivity index (χ3v) is 3.21. The van der Waals surface area contributed by atoms with Gasteiger partial charge in [-0.3, -0.25) is 4.79 Å². The summed E-state index contributed by atoms with van der Waals surface area (Å²) in [7, 11) is 1.57. The van der Waals surface area contributed by atoms with Crippen LogP contribution in [0, 0.1) is 5.92 Å². The molecule has 1 saturated heterocycles. The highest BCUT2D eigenvalue weighted by Gasteiger charge is 2.33. The largest absolute Gasteiger partial charge is 0.433 e. The molecule has 1 fully saturated rings. The minimum absolute atomic E-state index is 0.0395. The summed E-state index contributed by atoms with van der Waals surface area (Å²) in [6.07, 6.45) is -2.52. The number of rotatable bonds is 2. The third kappa shape index (κ3) is 2.97. The summed E-state index contributed by atoms with van der Waals surface area (Å²) in [5.41, 5.74) is -0.294. The van der Waals surface area contributed by atoms with E-state index in [1.165, 1.54) is 12.3 Å². The van der Waals surface area contributed by atoms with Gasteiger partial charge in [-0.15, -0.1) is 0 Å². The number of carbonyl (C=O) groups is 1. The summed E-state index contributed by atoms with van der Waals surface area (Å²) in [5.74, 6) is -0.158. The number of halogens is 3. The normalized spacial score (nSPS) is 19.6. The van der Waals surface area contributed by atoms with E-state index in [-0.39, 0.29) is 11.8 Å². The highest BCUT2D eigenvalue weighted by molar-refractivity contribution is 5.79. The predicted molar refractivity (Wildman–Crippen MR) is 63.6 cm³/mol. The Kier molecular flexibility index (Phi) is 3.64. The smallest absolute Gasteiger partial charge is 0.369 e. The maximum atomic E-state index is 12.4. The number of carbonyl (C=O) groups excluding carboxylic acids is 1. The van der Waals surface area contributed by atoms with Crippen molar-refractivity contribution in [3.63, 3.8) is 0 Å². The summed E-state index contributed by atoms with van der Waals surface area (Å²) >= 11 is 0. The Hall–Kier alpha value is -1.79. The van der Waals surface area contributed by atoms with Crippen LogP contribution in [0.15, 0.2) is 18.3 Å². The molecule has 1 unspecified atom stereocenters. The first-order valence-corrected chi connectivity index (χ1v) is 5.91. The number of pyridine rings is 1. The molecule has 1 aromatic rings. The molecule has 0 spiro atoms. The van der Waals surface area contributed by atoms with Gasteiger partial charge in [0.15, 0.2) is 0 Å². The first-order chi connectivity index (χ1) is 8.91. The highest BCUT2D eigenvalue weighted by atomic mass is 19.4. The van der Waals surface area contributed by atoms with Crippen LogP contribution in [0.4, 0.5) is 18.9 Å². The molecule has 1 aromatic heterocycles. The molecule has 2 heterocycles. The average Bonchev–Trinajstić information content (AvgIpc) is 2.86. The fraction of sp³-hybridized carbons (Fsp3) is 0.500. The van der Waals surface area contributed by atoms with E-state index in [1.807, 2.05) is 4.90 Å². The van der Waals surface area contributed by atoms with E-state index in [0.717, 1.165) is 6.07 Å². The Labute approximate surface area is 108 Å². The number of aromatic nitrogens is 1. The van der Waals surface area contributed by atoms with E-state index in [1.54, 1.807) is 7.05 Å². The van der Waals surface area contributed by atoms with E-state index in [9.17, 15) is 18.0 Å². The highest BCUT2D eigenvalue weighted by Crippen LogP contribution is 2.29. The van der Waals surface area contributed by atoms with Gasteiger partial charge in [-0.05, 0) is 18.6 Å². The van der Waals surface area contributed by atoms with Gasteiger partial charge in [0.05, 0.1) is 17.8 Å². The Morgan fingerprint density at radius 2 is 2.21 bits per heavy atom. The van der Waals surface area contributed by atoms with Crippen LogP contribution in [-0.4, -0.2) is 31.0 Å².